The van der Waals surface area contributed by atoms with E-state index in [1.807, 2.05) is 53.7 Å². The molecule has 2 aromatic heterocycles. The van der Waals surface area contributed by atoms with E-state index in [0.29, 0.717) is 24.0 Å². The van der Waals surface area contributed by atoms with Crippen LogP contribution in [0, 0.1) is 19.3 Å². The number of H-pyrrole nitrogens is 2. The number of ether oxygens (including phenoxy) is 2. The normalized spacial score (nSPS) is 17.0. The van der Waals surface area contributed by atoms with Gasteiger partial charge in [0, 0.05) is 64.1 Å². The molecule has 2 amide bonds. The highest BCUT2D eigenvalue weighted by atomic mass is 16.5. The first-order chi connectivity index (χ1) is 22.0. The molecule has 47 heavy (non-hydrogen) atoms. The SMILES string of the molecule is COC(=O)CCc1c(C(c2[nH]c(/C=C3\NC(=O)C(C)=C3C)c(C)c2CCC(=O)OC)C(C)(C)C)[nH]c(/C=C2\NC(=O)C(C)=C2C)c1C. The molecular formula is C37H48N4O6. The van der Waals surface area contributed by atoms with Crippen molar-refractivity contribution in [2.45, 2.75) is 93.9 Å². The molecule has 0 saturated heterocycles. The largest absolute Gasteiger partial charge is 0.469 e. The number of amides is 2. The molecular weight excluding hydrogens is 596 g/mol. The van der Waals surface area contributed by atoms with Gasteiger partial charge in [-0.3, -0.25) is 19.2 Å². The van der Waals surface area contributed by atoms with Crippen LogP contribution in [0.5, 0.6) is 0 Å². The maximum atomic E-state index is 12.4. The number of esters is 2. The second kappa shape index (κ2) is 13.6. The summed E-state index contributed by atoms with van der Waals surface area (Å²) in [6.07, 6.45) is 5.21. The van der Waals surface area contributed by atoms with Crippen molar-refractivity contribution in [3.8, 4) is 0 Å². The van der Waals surface area contributed by atoms with Crippen molar-refractivity contribution in [3.63, 3.8) is 0 Å². The molecule has 0 saturated carbocycles. The molecule has 4 heterocycles. The van der Waals surface area contributed by atoms with E-state index in [9.17, 15) is 19.2 Å². The molecule has 252 valence electrons. The third kappa shape index (κ3) is 7.06. The molecule has 4 N–H and O–H groups in total. The van der Waals surface area contributed by atoms with Gasteiger partial charge in [0.25, 0.3) is 11.8 Å². The molecule has 0 aromatic carbocycles. The van der Waals surface area contributed by atoms with E-state index in [1.54, 1.807) is 0 Å². The van der Waals surface area contributed by atoms with Crippen LogP contribution >= 0.6 is 0 Å². The van der Waals surface area contributed by atoms with Gasteiger partial charge in [0.05, 0.1) is 14.2 Å². The molecule has 2 aromatic rings. The quantitative estimate of drug-likeness (QED) is 0.235. The Morgan fingerprint density at radius 3 is 1.30 bits per heavy atom. The van der Waals surface area contributed by atoms with Crippen LogP contribution in [0.15, 0.2) is 33.7 Å². The number of allylic oxidation sites excluding steroid dienone is 2. The Balaban J connectivity index is 1.96. The van der Waals surface area contributed by atoms with Crippen molar-refractivity contribution >= 4 is 35.9 Å². The molecule has 0 unspecified atom stereocenters. The lowest BCUT2D eigenvalue weighted by Gasteiger charge is -2.32. The second-order valence-corrected chi connectivity index (χ2v) is 13.6. The van der Waals surface area contributed by atoms with E-state index < -0.39 is 0 Å². The van der Waals surface area contributed by atoms with E-state index in [4.69, 9.17) is 9.47 Å². The molecule has 0 bridgehead atoms. The summed E-state index contributed by atoms with van der Waals surface area (Å²) in [5.74, 6) is -1.07. The summed E-state index contributed by atoms with van der Waals surface area (Å²) in [5, 5.41) is 5.94. The summed E-state index contributed by atoms with van der Waals surface area (Å²) >= 11 is 0. The number of nitrogens with one attached hydrogen (secondary N) is 4. The Labute approximate surface area is 277 Å². The number of aromatic nitrogens is 2. The Kier molecular flexibility index (Phi) is 10.2. The van der Waals surface area contributed by atoms with E-state index in [1.165, 1.54) is 14.2 Å². The lowest BCUT2D eigenvalue weighted by atomic mass is 9.73. The Hall–Kier alpha value is -4.60. The fraction of sp³-hybridized carbons (Fsp3) is 0.459. The summed E-state index contributed by atoms with van der Waals surface area (Å²) in [5.41, 5.74) is 11.7. The Morgan fingerprint density at radius 2 is 1.02 bits per heavy atom. The topological polar surface area (TPSA) is 142 Å². The second-order valence-electron chi connectivity index (χ2n) is 13.6. The number of methoxy groups -OCH3 is 2. The highest BCUT2D eigenvalue weighted by molar-refractivity contribution is 6.01. The maximum absolute atomic E-state index is 12.4. The molecule has 0 aliphatic carbocycles. The molecule has 2 aliphatic rings. The minimum Gasteiger partial charge on any atom is -0.469 e. The van der Waals surface area contributed by atoms with E-state index in [-0.39, 0.29) is 47.9 Å². The van der Waals surface area contributed by atoms with Gasteiger partial charge in [0.2, 0.25) is 0 Å². The molecule has 10 nitrogen and oxygen atoms in total. The maximum Gasteiger partial charge on any atom is 0.305 e. The average molecular weight is 645 g/mol. The molecule has 2 aliphatic heterocycles. The summed E-state index contributed by atoms with van der Waals surface area (Å²) in [6.45, 7) is 18.0. The molecule has 0 spiro atoms. The zero-order chi connectivity index (χ0) is 35.0. The smallest absolute Gasteiger partial charge is 0.305 e. The standard InChI is InChI=1S/C37H48N4O6/c1-18-20(3)35(44)40-26(18)16-28-22(5)24(12-14-30(42)46-10)33(38-28)32(37(7,8)9)34-25(13-15-31(43)47-11)23(6)29(39-34)17-27-19(2)21(4)36(45)41-27/h16-17,32,38-39H,12-15H2,1-11H3,(H,40,44)(H,41,45)/b26-16-,27-17-. The summed E-state index contributed by atoms with van der Waals surface area (Å²) in [7, 11) is 2.77. The van der Waals surface area contributed by atoms with Crippen molar-refractivity contribution in [2.75, 3.05) is 14.2 Å². The van der Waals surface area contributed by atoms with Crippen LogP contribution < -0.4 is 10.6 Å². The van der Waals surface area contributed by atoms with Gasteiger partial charge in [-0.05, 0) is 105 Å². The third-order valence-corrected chi connectivity index (χ3v) is 9.65. The fourth-order valence-corrected chi connectivity index (χ4v) is 6.39. The Morgan fingerprint density at radius 1 is 0.660 bits per heavy atom. The lowest BCUT2D eigenvalue weighted by Crippen LogP contribution is -2.23. The van der Waals surface area contributed by atoms with Gasteiger partial charge >= 0.3 is 11.9 Å². The molecule has 0 fully saturated rings. The highest BCUT2D eigenvalue weighted by Crippen LogP contribution is 2.45. The number of carbonyl (C=O) groups is 4. The molecule has 0 radical (unpaired) electrons. The van der Waals surface area contributed by atoms with Crippen molar-refractivity contribution in [2.24, 2.45) is 5.41 Å². The van der Waals surface area contributed by atoms with Crippen LogP contribution in [0.1, 0.15) is 112 Å². The summed E-state index contributed by atoms with van der Waals surface area (Å²) in [6, 6.07) is 0. The Bertz CT molecular complexity index is 1650. The first-order valence-electron chi connectivity index (χ1n) is 16.0. The highest BCUT2D eigenvalue weighted by Gasteiger charge is 2.36. The zero-order valence-corrected chi connectivity index (χ0v) is 29.5. The van der Waals surface area contributed by atoms with Crippen LogP contribution in [-0.2, 0) is 41.5 Å². The minimum atomic E-state index is -0.342. The number of rotatable bonds is 10. The first-order valence-corrected chi connectivity index (χ1v) is 16.0. The average Bonchev–Trinajstić information content (AvgIpc) is 3.65. The van der Waals surface area contributed by atoms with Gasteiger partial charge in [0.15, 0.2) is 0 Å². The van der Waals surface area contributed by atoms with Gasteiger partial charge in [-0.1, -0.05) is 20.8 Å². The van der Waals surface area contributed by atoms with Crippen molar-refractivity contribution in [1.82, 2.24) is 20.6 Å². The molecule has 10 heteroatoms. The van der Waals surface area contributed by atoms with Crippen LogP contribution in [0.3, 0.4) is 0 Å². The van der Waals surface area contributed by atoms with Crippen molar-refractivity contribution < 1.29 is 28.7 Å². The summed E-state index contributed by atoms with van der Waals surface area (Å²) in [4.78, 5) is 57.0. The van der Waals surface area contributed by atoms with Crippen LogP contribution in [0.2, 0.25) is 0 Å². The first kappa shape index (κ1) is 35.3. The van der Waals surface area contributed by atoms with E-state index in [0.717, 1.165) is 67.6 Å². The van der Waals surface area contributed by atoms with Crippen molar-refractivity contribution in [3.05, 3.63) is 78.7 Å². The number of aromatic amines is 2. The predicted octanol–water partition coefficient (Wildman–Crippen LogP) is 5.96. The molecule has 0 atom stereocenters. The van der Waals surface area contributed by atoms with Gasteiger partial charge in [-0.15, -0.1) is 0 Å². The number of hydrogen-bond donors (Lipinski definition) is 4. The van der Waals surface area contributed by atoms with Gasteiger partial charge in [-0.2, -0.15) is 0 Å². The summed E-state index contributed by atoms with van der Waals surface area (Å²) < 4.78 is 10.0. The van der Waals surface area contributed by atoms with E-state index >= 15 is 0 Å². The number of carbonyl (C=O) groups excluding carboxylic acids is 4. The zero-order valence-electron chi connectivity index (χ0n) is 29.5. The third-order valence-electron chi connectivity index (χ3n) is 9.65. The van der Waals surface area contributed by atoms with Gasteiger partial charge < -0.3 is 30.1 Å². The lowest BCUT2D eigenvalue weighted by molar-refractivity contribution is -0.141. The molecule has 4 rings (SSSR count). The van der Waals surface area contributed by atoms with Crippen molar-refractivity contribution in [1.29, 1.82) is 0 Å². The fourth-order valence-electron chi connectivity index (χ4n) is 6.39. The van der Waals surface area contributed by atoms with Gasteiger partial charge in [0.1, 0.15) is 0 Å². The van der Waals surface area contributed by atoms with Gasteiger partial charge in [-0.25, -0.2) is 0 Å². The monoisotopic (exact) mass is 644 g/mol. The van der Waals surface area contributed by atoms with E-state index in [2.05, 4.69) is 41.4 Å². The minimum absolute atomic E-state index is 0.117. The van der Waals surface area contributed by atoms with Crippen LogP contribution in [-0.4, -0.2) is 47.9 Å². The predicted molar refractivity (Wildman–Crippen MR) is 182 cm³/mol. The number of hydrogen-bond acceptors (Lipinski definition) is 6. The van der Waals surface area contributed by atoms with Crippen LogP contribution in [0.25, 0.3) is 12.2 Å². The van der Waals surface area contributed by atoms with Crippen LogP contribution in [0.4, 0.5) is 0 Å².